The number of nitrogens with one attached hydrogen (secondary N) is 1. The number of amidine groups is 2. The van der Waals surface area contributed by atoms with Gasteiger partial charge in [0.1, 0.15) is 12.0 Å². The van der Waals surface area contributed by atoms with E-state index in [1.165, 1.54) is 21.5 Å². The van der Waals surface area contributed by atoms with Gasteiger partial charge in [-0.2, -0.15) is 0 Å². The van der Waals surface area contributed by atoms with E-state index in [2.05, 4.69) is 170 Å². The second-order valence-corrected chi connectivity index (χ2v) is 13.5. The lowest BCUT2D eigenvalue weighted by Crippen LogP contribution is -2.33. The highest BCUT2D eigenvalue weighted by molar-refractivity contribution is 6.14. The maximum Gasteiger partial charge on any atom is 0.159 e. The summed E-state index contributed by atoms with van der Waals surface area (Å²) in [5.41, 5.74) is 11.9. The standard InChI is InChI=1S/C48H36N4/c1-31-24-40(25-32(2)49-31)37-17-11-18-38(26-37)41-27-42(39-23-22-34-21-20-33-12-9-10-19-44(33)45(34)30-39)29-43(28-41)48-51-46(35-13-5-3-6-14-35)50-47(52-48)36-15-7-4-8-16-36/h3-30,46H,1-2H3,(H,50,51,52). The van der Waals surface area contributed by atoms with Gasteiger partial charge in [-0.05, 0) is 117 Å². The van der Waals surface area contributed by atoms with Gasteiger partial charge in [0, 0.05) is 22.5 Å². The Morgan fingerprint density at radius 1 is 0.423 bits per heavy atom. The molecule has 248 valence electrons. The molecule has 1 aliphatic heterocycles. The first kappa shape index (κ1) is 31.3. The lowest BCUT2D eigenvalue weighted by atomic mass is 9.92. The Morgan fingerprint density at radius 2 is 0.962 bits per heavy atom. The highest BCUT2D eigenvalue weighted by atomic mass is 15.2. The highest BCUT2D eigenvalue weighted by Crippen LogP contribution is 2.35. The summed E-state index contributed by atoms with van der Waals surface area (Å²) in [5, 5.41) is 8.65. The van der Waals surface area contributed by atoms with Crippen molar-refractivity contribution < 1.29 is 0 Å². The predicted octanol–water partition coefficient (Wildman–Crippen LogP) is 11.5. The van der Waals surface area contributed by atoms with Gasteiger partial charge in [-0.3, -0.25) is 4.98 Å². The molecule has 0 amide bonds. The van der Waals surface area contributed by atoms with Gasteiger partial charge in [0.25, 0.3) is 0 Å². The Kier molecular flexibility index (Phi) is 7.98. The van der Waals surface area contributed by atoms with Gasteiger partial charge in [-0.1, -0.05) is 127 Å². The number of aromatic nitrogens is 1. The zero-order valence-corrected chi connectivity index (χ0v) is 29.1. The lowest BCUT2D eigenvalue weighted by molar-refractivity contribution is 0.674. The van der Waals surface area contributed by atoms with Gasteiger partial charge in [0.05, 0.1) is 0 Å². The van der Waals surface area contributed by atoms with Crippen LogP contribution in [-0.2, 0) is 0 Å². The summed E-state index contributed by atoms with van der Waals surface area (Å²) in [5.74, 6) is 1.49. The Hall–Kier alpha value is -6.65. The molecule has 8 aromatic rings. The third-order valence-electron chi connectivity index (χ3n) is 9.79. The number of nitrogens with zero attached hydrogens (tertiary/aromatic N) is 3. The molecule has 9 rings (SSSR count). The Balaban J connectivity index is 1.23. The van der Waals surface area contributed by atoms with E-state index in [0.717, 1.165) is 67.3 Å². The molecule has 0 saturated heterocycles. The van der Waals surface area contributed by atoms with E-state index in [1.807, 2.05) is 24.3 Å². The molecule has 0 spiro atoms. The van der Waals surface area contributed by atoms with Gasteiger partial charge in [-0.15, -0.1) is 0 Å². The average molecular weight is 669 g/mol. The van der Waals surface area contributed by atoms with Crippen molar-refractivity contribution in [2.75, 3.05) is 0 Å². The molecule has 4 nitrogen and oxygen atoms in total. The Bertz CT molecular complexity index is 2650. The number of aliphatic imine (C=N–C) groups is 2. The monoisotopic (exact) mass is 668 g/mol. The zero-order valence-electron chi connectivity index (χ0n) is 29.1. The van der Waals surface area contributed by atoms with E-state index in [1.54, 1.807) is 0 Å². The summed E-state index contributed by atoms with van der Waals surface area (Å²) in [6.07, 6.45) is -0.287. The van der Waals surface area contributed by atoms with Crippen molar-refractivity contribution in [2.24, 2.45) is 9.98 Å². The van der Waals surface area contributed by atoms with Crippen molar-refractivity contribution in [2.45, 2.75) is 20.0 Å². The number of pyridine rings is 1. The number of hydrogen-bond donors (Lipinski definition) is 1. The molecule has 52 heavy (non-hydrogen) atoms. The first-order valence-corrected chi connectivity index (χ1v) is 17.7. The Labute approximate surface area is 303 Å². The minimum absolute atomic E-state index is 0.287. The molecule has 1 aromatic heterocycles. The van der Waals surface area contributed by atoms with Crippen molar-refractivity contribution in [3.05, 3.63) is 198 Å². The van der Waals surface area contributed by atoms with E-state index >= 15 is 0 Å². The lowest BCUT2D eigenvalue weighted by Gasteiger charge is -2.24. The molecule has 2 heterocycles. The highest BCUT2D eigenvalue weighted by Gasteiger charge is 2.22. The van der Waals surface area contributed by atoms with Crippen LogP contribution in [0.1, 0.15) is 34.2 Å². The van der Waals surface area contributed by atoms with Crippen LogP contribution >= 0.6 is 0 Å². The van der Waals surface area contributed by atoms with Crippen LogP contribution in [0.4, 0.5) is 0 Å². The largest absolute Gasteiger partial charge is 0.344 e. The minimum atomic E-state index is -0.287. The molecular weight excluding hydrogens is 633 g/mol. The fourth-order valence-corrected chi connectivity index (χ4v) is 7.28. The van der Waals surface area contributed by atoms with Gasteiger partial charge >= 0.3 is 0 Å². The van der Waals surface area contributed by atoms with Gasteiger partial charge in [-0.25, -0.2) is 9.98 Å². The molecule has 0 radical (unpaired) electrons. The fraction of sp³-hybridized carbons (Fsp3) is 0.0625. The second-order valence-electron chi connectivity index (χ2n) is 13.5. The Morgan fingerprint density at radius 3 is 1.69 bits per heavy atom. The van der Waals surface area contributed by atoms with Crippen molar-refractivity contribution in [3.63, 3.8) is 0 Å². The summed E-state index contributed by atoms with van der Waals surface area (Å²) < 4.78 is 0. The quantitative estimate of drug-likeness (QED) is 0.179. The first-order chi connectivity index (χ1) is 25.5. The maximum atomic E-state index is 5.19. The molecule has 0 aliphatic carbocycles. The summed E-state index contributed by atoms with van der Waals surface area (Å²) in [7, 11) is 0. The molecule has 1 unspecified atom stereocenters. The van der Waals surface area contributed by atoms with Crippen molar-refractivity contribution in [1.82, 2.24) is 10.3 Å². The van der Waals surface area contributed by atoms with Crippen LogP contribution in [0.3, 0.4) is 0 Å². The molecule has 0 bridgehead atoms. The van der Waals surface area contributed by atoms with Crippen LogP contribution in [0.5, 0.6) is 0 Å². The molecule has 7 aromatic carbocycles. The van der Waals surface area contributed by atoms with Crippen molar-refractivity contribution in [1.29, 1.82) is 0 Å². The molecule has 0 saturated carbocycles. The zero-order chi connectivity index (χ0) is 35.0. The summed E-state index contributed by atoms with van der Waals surface area (Å²) in [6, 6.07) is 60.4. The second kappa shape index (κ2) is 13.2. The van der Waals surface area contributed by atoms with Gasteiger partial charge < -0.3 is 5.32 Å². The molecule has 0 fully saturated rings. The number of rotatable bonds is 6. The average Bonchev–Trinajstić information content (AvgIpc) is 3.20. The molecule has 1 aliphatic rings. The predicted molar refractivity (Wildman–Crippen MR) is 217 cm³/mol. The fourth-order valence-electron chi connectivity index (χ4n) is 7.28. The number of fused-ring (bicyclic) bond motifs is 3. The molecule has 4 heteroatoms. The summed E-state index contributed by atoms with van der Waals surface area (Å²) in [6.45, 7) is 4.10. The third-order valence-corrected chi connectivity index (χ3v) is 9.79. The van der Waals surface area contributed by atoms with Gasteiger partial charge in [0.15, 0.2) is 5.84 Å². The normalized spacial score (nSPS) is 14.2. The van der Waals surface area contributed by atoms with Crippen LogP contribution in [0.25, 0.3) is 54.9 Å². The number of benzene rings is 7. The van der Waals surface area contributed by atoms with E-state index in [0.29, 0.717) is 5.84 Å². The molecule has 1 N–H and O–H groups in total. The molecule has 1 atom stereocenters. The SMILES string of the molecule is Cc1cc(-c2cccc(-c3cc(C4=NC(c5ccccc5)=NC(c5ccccc5)N4)cc(-c4ccc5ccc6ccccc6c5c4)c3)c2)cc(C)n1. The van der Waals surface area contributed by atoms with Crippen LogP contribution in [-0.4, -0.2) is 16.7 Å². The van der Waals surface area contributed by atoms with Crippen molar-refractivity contribution >= 4 is 33.2 Å². The maximum absolute atomic E-state index is 5.19. The minimum Gasteiger partial charge on any atom is -0.344 e. The van der Waals surface area contributed by atoms with E-state index in [9.17, 15) is 0 Å². The topological polar surface area (TPSA) is 49.6 Å². The van der Waals surface area contributed by atoms with Crippen LogP contribution in [0.15, 0.2) is 180 Å². The van der Waals surface area contributed by atoms with E-state index < -0.39 is 0 Å². The summed E-state index contributed by atoms with van der Waals surface area (Å²) >= 11 is 0. The van der Waals surface area contributed by atoms with Crippen molar-refractivity contribution in [3.8, 4) is 33.4 Å². The smallest absolute Gasteiger partial charge is 0.159 e. The third kappa shape index (κ3) is 6.16. The van der Waals surface area contributed by atoms with Crippen LogP contribution < -0.4 is 5.32 Å². The number of hydrogen-bond acceptors (Lipinski definition) is 4. The summed E-state index contributed by atoms with van der Waals surface area (Å²) in [4.78, 5) is 14.9. The van der Waals surface area contributed by atoms with E-state index in [-0.39, 0.29) is 6.17 Å². The number of aryl methyl sites for hydroxylation is 2. The van der Waals surface area contributed by atoms with E-state index in [4.69, 9.17) is 9.98 Å². The first-order valence-electron chi connectivity index (χ1n) is 17.7. The van der Waals surface area contributed by atoms with Gasteiger partial charge in [0.2, 0.25) is 0 Å². The molecular formula is C48H36N4. The van der Waals surface area contributed by atoms with Crippen LogP contribution in [0, 0.1) is 13.8 Å². The van der Waals surface area contributed by atoms with Crippen LogP contribution in [0.2, 0.25) is 0 Å².